The van der Waals surface area contributed by atoms with Gasteiger partial charge >= 0.3 is 0 Å². The highest BCUT2D eigenvalue weighted by molar-refractivity contribution is 6.00. The second kappa shape index (κ2) is 13.7. The lowest BCUT2D eigenvalue weighted by atomic mass is 9.84. The van der Waals surface area contributed by atoms with Crippen LogP contribution >= 0.6 is 0 Å². The molecule has 0 aromatic heterocycles. The second-order valence-corrected chi connectivity index (χ2v) is 11.2. The van der Waals surface area contributed by atoms with E-state index in [-0.39, 0.29) is 23.7 Å². The summed E-state index contributed by atoms with van der Waals surface area (Å²) in [4.78, 5) is 28.4. The quantitative estimate of drug-likeness (QED) is 0.357. The molecular weight excluding hydrogens is 499 g/mol. The molecule has 0 saturated carbocycles. The van der Waals surface area contributed by atoms with Crippen LogP contribution in [0, 0.1) is 34.9 Å². The number of ether oxygens (including phenoxy) is 1. The van der Waals surface area contributed by atoms with Crippen LogP contribution in [0.5, 0.6) is 5.75 Å². The van der Waals surface area contributed by atoms with Crippen LogP contribution in [0.3, 0.4) is 0 Å². The van der Waals surface area contributed by atoms with Crippen molar-refractivity contribution in [2.45, 2.75) is 77.8 Å². The summed E-state index contributed by atoms with van der Waals surface area (Å²) < 4.78 is 20.8. The molecule has 39 heavy (non-hydrogen) atoms. The van der Waals surface area contributed by atoms with Gasteiger partial charge in [-0.25, -0.2) is 4.39 Å². The molecule has 2 saturated heterocycles. The van der Waals surface area contributed by atoms with Crippen molar-refractivity contribution >= 4 is 17.8 Å². The summed E-state index contributed by atoms with van der Waals surface area (Å²) in [6, 6.07) is 5.14. The summed E-state index contributed by atoms with van der Waals surface area (Å²) in [5, 5.41) is 21.6. The fourth-order valence-corrected chi connectivity index (χ4v) is 5.33. The molecular formula is C29H42FN6O3-. The largest absolute Gasteiger partial charge is 0.493 e. The van der Waals surface area contributed by atoms with E-state index in [1.165, 1.54) is 11.0 Å². The van der Waals surface area contributed by atoms with Crippen LogP contribution in [0.2, 0.25) is 0 Å². The third kappa shape index (κ3) is 7.69. The zero-order valence-electron chi connectivity index (χ0n) is 23.5. The van der Waals surface area contributed by atoms with Crippen LogP contribution in [0.4, 0.5) is 9.18 Å². The van der Waals surface area contributed by atoms with Crippen LogP contribution in [0.25, 0.3) is 5.41 Å². The SMILES string of the molecule is CC(C)C(=[N-])NC(=O)N1CCC([C@H](C)CCOc2ccc([C@H](C)[C@H](N)C(=O)N3CCC[C@H]3C#N)c(F)c2)CC1. The lowest BCUT2D eigenvalue weighted by Crippen LogP contribution is -2.48. The number of carbonyl (C=O) groups is 2. The van der Waals surface area contributed by atoms with Crippen LogP contribution in [0.15, 0.2) is 18.2 Å². The molecule has 2 aliphatic rings. The highest BCUT2D eigenvalue weighted by Gasteiger charge is 2.35. The predicted octanol–water partition coefficient (Wildman–Crippen LogP) is 4.22. The van der Waals surface area contributed by atoms with E-state index in [2.05, 4.69) is 18.3 Å². The predicted molar refractivity (Wildman–Crippen MR) is 148 cm³/mol. The smallest absolute Gasteiger partial charge is 0.241 e. The first-order valence-corrected chi connectivity index (χ1v) is 14.0. The summed E-state index contributed by atoms with van der Waals surface area (Å²) in [7, 11) is 0. The maximum atomic E-state index is 15.0. The number of nitrogens with two attached hydrogens (primary N) is 1. The number of piperidine rings is 1. The zero-order chi connectivity index (χ0) is 28.7. The molecule has 1 aromatic rings. The number of likely N-dealkylation sites (tertiary alicyclic amines) is 2. The van der Waals surface area contributed by atoms with Crippen LogP contribution in [-0.2, 0) is 4.79 Å². The van der Waals surface area contributed by atoms with Gasteiger partial charge in [0.2, 0.25) is 11.9 Å². The molecule has 3 amide bonds. The Morgan fingerprint density at radius 1 is 1.21 bits per heavy atom. The average molecular weight is 542 g/mol. The van der Waals surface area contributed by atoms with Gasteiger partial charge in [0.15, 0.2) is 0 Å². The number of hydrogen-bond donors (Lipinski definition) is 2. The Morgan fingerprint density at radius 2 is 1.90 bits per heavy atom. The molecule has 9 nitrogen and oxygen atoms in total. The van der Waals surface area contributed by atoms with Gasteiger partial charge in [0.25, 0.3) is 0 Å². The van der Waals surface area contributed by atoms with E-state index in [0.717, 1.165) is 25.7 Å². The Balaban J connectivity index is 1.45. The average Bonchev–Trinajstić information content (AvgIpc) is 3.41. The Bertz CT molecular complexity index is 1070. The van der Waals surface area contributed by atoms with E-state index in [1.807, 2.05) is 13.8 Å². The Hall–Kier alpha value is -3.19. The van der Waals surface area contributed by atoms with E-state index >= 15 is 0 Å². The summed E-state index contributed by atoms with van der Waals surface area (Å²) in [6.07, 6.45) is 3.96. The molecule has 1 aromatic carbocycles. The third-order valence-corrected chi connectivity index (χ3v) is 8.23. The minimum Gasteiger partial charge on any atom is -0.493 e. The number of amidine groups is 1. The number of urea groups is 1. The van der Waals surface area contributed by atoms with Gasteiger partial charge in [-0.05, 0) is 61.5 Å². The first kappa shape index (κ1) is 30.4. The third-order valence-electron chi connectivity index (χ3n) is 8.23. The van der Waals surface area contributed by atoms with E-state index in [0.29, 0.717) is 55.8 Å². The Morgan fingerprint density at radius 3 is 2.51 bits per heavy atom. The molecule has 10 heteroatoms. The van der Waals surface area contributed by atoms with Gasteiger partial charge in [-0.3, -0.25) is 9.59 Å². The van der Waals surface area contributed by atoms with Gasteiger partial charge in [0.1, 0.15) is 17.6 Å². The molecule has 2 aliphatic heterocycles. The van der Waals surface area contributed by atoms with Crippen molar-refractivity contribution in [3.63, 3.8) is 0 Å². The van der Waals surface area contributed by atoms with Crippen LogP contribution in [-0.4, -0.2) is 65.9 Å². The second-order valence-electron chi connectivity index (χ2n) is 11.2. The summed E-state index contributed by atoms with van der Waals surface area (Å²) in [5.74, 6) is -0.228. The topological polar surface area (TPSA) is 134 Å². The number of benzene rings is 1. The number of hydrogen-bond acceptors (Lipinski definition) is 5. The Labute approximate surface area is 231 Å². The van der Waals surface area contributed by atoms with Crippen molar-refractivity contribution in [1.82, 2.24) is 15.1 Å². The molecule has 0 radical (unpaired) electrons. The van der Waals surface area contributed by atoms with Crippen molar-refractivity contribution in [3.8, 4) is 11.8 Å². The first-order valence-electron chi connectivity index (χ1n) is 14.0. The number of amides is 3. The zero-order valence-corrected chi connectivity index (χ0v) is 23.5. The molecule has 2 fully saturated rings. The van der Waals surface area contributed by atoms with E-state index in [4.69, 9.17) is 10.5 Å². The van der Waals surface area contributed by atoms with Gasteiger partial charge in [0, 0.05) is 31.6 Å². The number of nitrogens with one attached hydrogen (secondary N) is 1. The number of nitriles is 1. The fourth-order valence-electron chi connectivity index (χ4n) is 5.33. The number of nitrogens with zero attached hydrogens (tertiary/aromatic N) is 4. The van der Waals surface area contributed by atoms with Crippen molar-refractivity contribution in [1.29, 1.82) is 5.26 Å². The van der Waals surface area contributed by atoms with Crippen molar-refractivity contribution in [2.75, 3.05) is 26.2 Å². The van der Waals surface area contributed by atoms with Gasteiger partial charge in [-0.15, -0.1) is 0 Å². The monoisotopic (exact) mass is 541 g/mol. The van der Waals surface area contributed by atoms with Crippen LogP contribution < -0.4 is 15.8 Å². The number of rotatable bonds is 9. The molecule has 214 valence electrons. The first-order chi connectivity index (χ1) is 18.5. The van der Waals surface area contributed by atoms with Crippen molar-refractivity contribution in [3.05, 3.63) is 35.0 Å². The molecule has 2 heterocycles. The number of halogens is 1. The van der Waals surface area contributed by atoms with E-state index in [1.54, 1.807) is 24.0 Å². The number of carbonyl (C=O) groups excluding carboxylic acids is 2. The molecule has 4 atom stereocenters. The minimum atomic E-state index is -0.933. The minimum absolute atomic E-state index is 0.0151. The summed E-state index contributed by atoms with van der Waals surface area (Å²) in [6.45, 7) is 9.74. The van der Waals surface area contributed by atoms with E-state index in [9.17, 15) is 24.7 Å². The molecule has 0 bridgehead atoms. The molecule has 3 N–H and O–H groups in total. The van der Waals surface area contributed by atoms with Gasteiger partial charge in [-0.2, -0.15) is 5.26 Å². The molecule has 0 spiro atoms. The maximum Gasteiger partial charge on any atom is 0.241 e. The standard InChI is InChI=1S/C29H42FN6O3/c1-18(2)27(33)34-29(38)35-13-9-21(10-14-35)19(3)11-15-39-23-7-8-24(25(30)16-23)20(4)26(32)28(37)36-12-5-6-22(36)17-31/h7-8,16,18-22,26H,5-6,9-15,32H2,1-4H3,(H-,33,34,38)/q-1/t19-,20+,22+,26+/m1/s1. The van der Waals surface area contributed by atoms with E-state index < -0.39 is 23.8 Å². The fraction of sp³-hybridized carbons (Fsp3) is 0.655. The molecule has 3 rings (SSSR count). The van der Waals surface area contributed by atoms with Crippen molar-refractivity contribution in [2.24, 2.45) is 23.5 Å². The van der Waals surface area contributed by atoms with Gasteiger partial charge in [-0.1, -0.05) is 39.6 Å². The normalized spacial score (nSPS) is 20.3. The highest BCUT2D eigenvalue weighted by atomic mass is 19.1. The molecule has 0 unspecified atom stereocenters. The van der Waals surface area contributed by atoms with Crippen LogP contribution in [0.1, 0.15) is 71.3 Å². The lowest BCUT2D eigenvalue weighted by molar-refractivity contribution is -0.133. The summed E-state index contributed by atoms with van der Waals surface area (Å²) >= 11 is 0. The van der Waals surface area contributed by atoms with Gasteiger partial charge < -0.3 is 31.0 Å². The Kier molecular flexibility index (Phi) is 10.7. The lowest BCUT2D eigenvalue weighted by Gasteiger charge is -2.37. The van der Waals surface area contributed by atoms with Crippen molar-refractivity contribution < 1.29 is 18.7 Å². The summed E-state index contributed by atoms with van der Waals surface area (Å²) in [5.41, 5.74) is 6.55. The van der Waals surface area contributed by atoms with Gasteiger partial charge in [0.05, 0.1) is 18.7 Å². The molecule has 0 aliphatic carbocycles. The highest BCUT2D eigenvalue weighted by Crippen LogP contribution is 2.29. The maximum absolute atomic E-state index is 15.0.